The van der Waals surface area contributed by atoms with Crippen molar-refractivity contribution in [2.24, 2.45) is 0 Å². The molecule has 106 valence electrons. The SMILES string of the molecule is CCOC(=O)C(O)C(O)c1c(F)c(F)cc(F)c1F. The maximum atomic E-state index is 13.3. The van der Waals surface area contributed by atoms with Crippen molar-refractivity contribution in [3.05, 3.63) is 34.9 Å². The van der Waals surface area contributed by atoms with Crippen LogP contribution in [0.15, 0.2) is 6.07 Å². The molecule has 0 aromatic heterocycles. The third-order valence-electron chi connectivity index (χ3n) is 2.27. The Hall–Kier alpha value is -1.67. The molecular weight excluding hydrogens is 272 g/mol. The molecular formula is C11H10F4O4. The third-order valence-corrected chi connectivity index (χ3v) is 2.27. The minimum Gasteiger partial charge on any atom is -0.464 e. The van der Waals surface area contributed by atoms with Crippen LogP contribution in [0.1, 0.15) is 18.6 Å². The molecule has 1 rings (SSSR count). The first kappa shape index (κ1) is 15.4. The van der Waals surface area contributed by atoms with E-state index in [4.69, 9.17) is 0 Å². The molecule has 0 heterocycles. The van der Waals surface area contributed by atoms with Crippen molar-refractivity contribution < 1.29 is 37.3 Å². The van der Waals surface area contributed by atoms with Crippen molar-refractivity contribution in [1.29, 1.82) is 0 Å². The van der Waals surface area contributed by atoms with Gasteiger partial charge in [-0.3, -0.25) is 0 Å². The Labute approximate surface area is 105 Å². The summed E-state index contributed by atoms with van der Waals surface area (Å²) >= 11 is 0. The summed E-state index contributed by atoms with van der Waals surface area (Å²) in [5.74, 6) is -8.68. The van der Waals surface area contributed by atoms with Gasteiger partial charge in [0.15, 0.2) is 29.4 Å². The van der Waals surface area contributed by atoms with Crippen LogP contribution in [0.25, 0.3) is 0 Å². The van der Waals surface area contributed by atoms with E-state index >= 15 is 0 Å². The lowest BCUT2D eigenvalue weighted by atomic mass is 10.0. The minimum absolute atomic E-state index is 0.0579. The van der Waals surface area contributed by atoms with E-state index in [1.165, 1.54) is 6.92 Å². The van der Waals surface area contributed by atoms with E-state index in [-0.39, 0.29) is 12.7 Å². The summed E-state index contributed by atoms with van der Waals surface area (Å²) in [5, 5.41) is 18.7. The summed E-state index contributed by atoms with van der Waals surface area (Å²) in [6.07, 6.45) is -4.87. The Morgan fingerprint density at radius 1 is 1.21 bits per heavy atom. The molecule has 19 heavy (non-hydrogen) atoms. The molecule has 0 aliphatic heterocycles. The largest absolute Gasteiger partial charge is 0.464 e. The second-order valence-corrected chi connectivity index (χ2v) is 3.52. The van der Waals surface area contributed by atoms with Gasteiger partial charge < -0.3 is 14.9 Å². The van der Waals surface area contributed by atoms with Gasteiger partial charge in [-0.05, 0) is 6.92 Å². The monoisotopic (exact) mass is 282 g/mol. The van der Waals surface area contributed by atoms with Gasteiger partial charge in [-0.2, -0.15) is 0 Å². The van der Waals surface area contributed by atoms with E-state index in [1.54, 1.807) is 0 Å². The maximum Gasteiger partial charge on any atom is 0.338 e. The molecule has 0 aliphatic carbocycles. The van der Waals surface area contributed by atoms with Gasteiger partial charge in [-0.1, -0.05) is 0 Å². The quantitative estimate of drug-likeness (QED) is 0.495. The average molecular weight is 282 g/mol. The Bertz CT molecular complexity index is 466. The summed E-state index contributed by atoms with van der Waals surface area (Å²) in [5.41, 5.74) is -1.47. The highest BCUT2D eigenvalue weighted by Crippen LogP contribution is 2.27. The van der Waals surface area contributed by atoms with E-state index in [9.17, 15) is 32.6 Å². The van der Waals surface area contributed by atoms with Crippen LogP contribution < -0.4 is 0 Å². The molecule has 0 saturated carbocycles. The molecule has 2 N–H and O–H groups in total. The third kappa shape index (κ3) is 3.02. The topological polar surface area (TPSA) is 66.8 Å². The zero-order chi connectivity index (χ0) is 14.7. The average Bonchev–Trinajstić information content (AvgIpc) is 2.36. The summed E-state index contributed by atoms with van der Waals surface area (Å²) in [6.45, 7) is 1.23. The van der Waals surface area contributed by atoms with Gasteiger partial charge in [0.2, 0.25) is 0 Å². The lowest BCUT2D eigenvalue weighted by Gasteiger charge is -2.18. The number of carbonyl (C=O) groups excluding carboxylic acids is 1. The van der Waals surface area contributed by atoms with Crippen LogP contribution in [-0.2, 0) is 9.53 Å². The fourth-order valence-corrected chi connectivity index (χ4v) is 1.37. The Morgan fingerprint density at radius 3 is 2.11 bits per heavy atom. The van der Waals surface area contributed by atoms with Gasteiger partial charge in [0, 0.05) is 6.07 Å². The molecule has 1 aromatic carbocycles. The zero-order valence-corrected chi connectivity index (χ0v) is 9.66. The normalized spacial score (nSPS) is 14.1. The Morgan fingerprint density at radius 2 is 1.68 bits per heavy atom. The van der Waals surface area contributed by atoms with Crippen molar-refractivity contribution >= 4 is 5.97 Å². The smallest absolute Gasteiger partial charge is 0.338 e. The standard InChI is InChI=1S/C11H10F4O4/c1-2-19-11(18)10(17)9(16)6-7(14)4(12)3-5(13)8(6)15/h3,9-10,16-17H,2H2,1H3. The van der Waals surface area contributed by atoms with Crippen LogP contribution in [0.2, 0.25) is 0 Å². The Balaban J connectivity index is 3.19. The molecule has 0 amide bonds. The molecule has 2 unspecified atom stereocenters. The summed E-state index contributed by atoms with van der Waals surface area (Å²) in [6, 6.07) is -0.0579. The number of aliphatic hydroxyl groups excluding tert-OH is 2. The summed E-state index contributed by atoms with van der Waals surface area (Å²) in [7, 11) is 0. The van der Waals surface area contributed by atoms with Crippen molar-refractivity contribution in [2.45, 2.75) is 19.1 Å². The molecule has 0 bridgehead atoms. The van der Waals surface area contributed by atoms with Crippen molar-refractivity contribution in [3.8, 4) is 0 Å². The van der Waals surface area contributed by atoms with Gasteiger partial charge in [-0.15, -0.1) is 0 Å². The predicted molar refractivity (Wildman–Crippen MR) is 53.9 cm³/mol. The molecule has 0 fully saturated rings. The second-order valence-electron chi connectivity index (χ2n) is 3.52. The number of rotatable bonds is 4. The van der Waals surface area contributed by atoms with Crippen LogP contribution in [-0.4, -0.2) is 28.9 Å². The highest BCUT2D eigenvalue weighted by atomic mass is 19.2. The van der Waals surface area contributed by atoms with E-state index < -0.39 is 47.0 Å². The molecule has 4 nitrogen and oxygen atoms in total. The van der Waals surface area contributed by atoms with Crippen molar-refractivity contribution in [2.75, 3.05) is 6.61 Å². The number of aliphatic hydroxyl groups is 2. The highest BCUT2D eigenvalue weighted by Gasteiger charge is 2.34. The lowest BCUT2D eigenvalue weighted by Crippen LogP contribution is -2.31. The fraction of sp³-hybridized carbons (Fsp3) is 0.364. The first-order valence-electron chi connectivity index (χ1n) is 5.16. The van der Waals surface area contributed by atoms with E-state index in [2.05, 4.69) is 4.74 Å². The van der Waals surface area contributed by atoms with E-state index in [0.29, 0.717) is 0 Å². The lowest BCUT2D eigenvalue weighted by molar-refractivity contribution is -0.159. The van der Waals surface area contributed by atoms with Crippen molar-refractivity contribution in [1.82, 2.24) is 0 Å². The van der Waals surface area contributed by atoms with Crippen LogP contribution >= 0.6 is 0 Å². The second kappa shape index (κ2) is 5.98. The van der Waals surface area contributed by atoms with E-state index in [1.807, 2.05) is 0 Å². The molecule has 0 spiro atoms. The van der Waals surface area contributed by atoms with Crippen LogP contribution in [0.3, 0.4) is 0 Å². The first-order valence-corrected chi connectivity index (χ1v) is 5.16. The number of carbonyl (C=O) groups is 1. The molecule has 8 heteroatoms. The molecule has 2 atom stereocenters. The fourth-order valence-electron chi connectivity index (χ4n) is 1.37. The number of benzene rings is 1. The number of hydrogen-bond acceptors (Lipinski definition) is 4. The maximum absolute atomic E-state index is 13.3. The number of halogens is 4. The number of hydrogen-bond donors (Lipinski definition) is 2. The molecule has 0 radical (unpaired) electrons. The van der Waals surface area contributed by atoms with Crippen molar-refractivity contribution in [3.63, 3.8) is 0 Å². The Kier molecular flexibility index (Phi) is 4.84. The summed E-state index contributed by atoms with van der Waals surface area (Å²) in [4.78, 5) is 11.1. The van der Waals surface area contributed by atoms with Gasteiger partial charge >= 0.3 is 5.97 Å². The van der Waals surface area contributed by atoms with Crippen LogP contribution in [0, 0.1) is 23.3 Å². The van der Waals surface area contributed by atoms with Gasteiger partial charge in [0.1, 0.15) is 6.10 Å². The minimum atomic E-state index is -2.50. The van der Waals surface area contributed by atoms with Crippen LogP contribution in [0.5, 0.6) is 0 Å². The number of esters is 1. The molecule has 1 aromatic rings. The molecule has 0 aliphatic rings. The predicted octanol–water partition coefficient (Wildman–Crippen LogP) is 1.20. The first-order chi connectivity index (χ1) is 8.81. The zero-order valence-electron chi connectivity index (χ0n) is 9.66. The number of ether oxygens (including phenoxy) is 1. The van der Waals surface area contributed by atoms with Crippen LogP contribution in [0.4, 0.5) is 17.6 Å². The summed E-state index contributed by atoms with van der Waals surface area (Å²) < 4.78 is 56.7. The van der Waals surface area contributed by atoms with Gasteiger partial charge in [-0.25, -0.2) is 22.4 Å². The molecule has 0 saturated heterocycles. The van der Waals surface area contributed by atoms with Gasteiger partial charge in [0.05, 0.1) is 12.2 Å². The van der Waals surface area contributed by atoms with Gasteiger partial charge in [0.25, 0.3) is 0 Å². The van der Waals surface area contributed by atoms with E-state index in [0.717, 1.165) is 0 Å². The highest BCUT2D eigenvalue weighted by molar-refractivity contribution is 5.75.